The van der Waals surface area contributed by atoms with Crippen LogP contribution < -0.4 is 0 Å². The molecule has 13 heteroatoms. The zero-order valence-corrected chi connectivity index (χ0v) is 16.9. The molecule has 0 aliphatic heterocycles. The van der Waals surface area contributed by atoms with E-state index in [0.29, 0.717) is 0 Å². The SMILES string of the molecule is CCOP(=O)(OCC)O/C(=C(/F)Cl)C(F)(Cl)P(=O)(OCC)OCC. The Bertz CT molecular complexity index is 507. The second kappa shape index (κ2) is 10.4. The molecule has 0 spiro atoms. The minimum atomic E-state index is -4.80. The molecule has 0 radical (unpaired) electrons. The molecule has 24 heavy (non-hydrogen) atoms. The molecule has 0 rings (SSSR count). The monoisotopic (exact) mass is 434 g/mol. The minimum Gasteiger partial charge on any atom is -0.399 e. The summed E-state index contributed by atoms with van der Waals surface area (Å²) in [5.41, 5.74) is 0. The van der Waals surface area contributed by atoms with Crippen molar-refractivity contribution >= 4 is 38.6 Å². The van der Waals surface area contributed by atoms with Crippen molar-refractivity contribution in [3.63, 3.8) is 0 Å². The zero-order chi connectivity index (χ0) is 19.0. The molecule has 0 heterocycles. The van der Waals surface area contributed by atoms with Crippen molar-refractivity contribution in [1.29, 1.82) is 0 Å². The van der Waals surface area contributed by atoms with Gasteiger partial charge >= 0.3 is 20.3 Å². The van der Waals surface area contributed by atoms with Crippen LogP contribution in [0.4, 0.5) is 8.78 Å². The molecule has 0 bridgehead atoms. The Morgan fingerprint density at radius 2 is 1.33 bits per heavy atom. The molecule has 0 aromatic rings. The maximum Gasteiger partial charge on any atom is 0.530 e. The van der Waals surface area contributed by atoms with Gasteiger partial charge in [0, 0.05) is 0 Å². The van der Waals surface area contributed by atoms with Crippen LogP contribution in [0, 0.1) is 0 Å². The normalized spacial score (nSPS) is 16.5. The first-order valence-electron chi connectivity index (χ1n) is 6.94. The maximum absolute atomic E-state index is 15.0. The van der Waals surface area contributed by atoms with Gasteiger partial charge in [-0.2, -0.15) is 4.39 Å². The van der Waals surface area contributed by atoms with Crippen molar-refractivity contribution in [2.24, 2.45) is 0 Å². The largest absolute Gasteiger partial charge is 0.530 e. The Morgan fingerprint density at radius 3 is 1.62 bits per heavy atom. The minimum absolute atomic E-state index is 0.176. The molecule has 0 aliphatic carbocycles. The van der Waals surface area contributed by atoms with Crippen molar-refractivity contribution in [3.05, 3.63) is 11.0 Å². The number of alkyl halides is 2. The summed E-state index contributed by atoms with van der Waals surface area (Å²) in [6, 6.07) is 0. The summed E-state index contributed by atoms with van der Waals surface area (Å²) in [7, 11) is -9.27. The van der Waals surface area contributed by atoms with Crippen LogP contribution in [0.3, 0.4) is 0 Å². The van der Waals surface area contributed by atoms with Crippen LogP contribution in [0.25, 0.3) is 0 Å². The second-order valence-corrected chi connectivity index (χ2v) is 8.68. The van der Waals surface area contributed by atoms with Crippen LogP contribution in [0.5, 0.6) is 0 Å². The Kier molecular flexibility index (Phi) is 10.6. The van der Waals surface area contributed by atoms with Gasteiger partial charge in [-0.1, -0.05) is 11.6 Å². The lowest BCUT2D eigenvalue weighted by molar-refractivity contribution is 0.120. The highest BCUT2D eigenvalue weighted by molar-refractivity contribution is 7.58. The Morgan fingerprint density at radius 1 is 0.958 bits per heavy atom. The summed E-state index contributed by atoms with van der Waals surface area (Å²) in [6.45, 7) is 4.73. The molecule has 0 saturated heterocycles. The van der Waals surface area contributed by atoms with Crippen molar-refractivity contribution in [1.82, 2.24) is 0 Å². The third kappa shape index (κ3) is 6.22. The van der Waals surface area contributed by atoms with E-state index in [4.69, 9.17) is 41.3 Å². The second-order valence-electron chi connectivity index (χ2n) is 3.84. The van der Waals surface area contributed by atoms with Gasteiger partial charge in [0.2, 0.25) is 11.0 Å². The average Bonchev–Trinajstić information content (AvgIpc) is 2.45. The van der Waals surface area contributed by atoms with Crippen LogP contribution in [0.2, 0.25) is 0 Å². The molecule has 0 fully saturated rings. The van der Waals surface area contributed by atoms with Crippen molar-refractivity contribution in [2.45, 2.75) is 32.6 Å². The van der Waals surface area contributed by atoms with E-state index in [-0.39, 0.29) is 26.4 Å². The highest BCUT2D eigenvalue weighted by Crippen LogP contribution is 2.69. The molecule has 7 nitrogen and oxygen atoms in total. The lowest BCUT2D eigenvalue weighted by atomic mass is 10.6. The molecule has 0 aromatic carbocycles. The number of rotatable bonds is 12. The highest BCUT2D eigenvalue weighted by Gasteiger charge is 2.59. The van der Waals surface area contributed by atoms with E-state index in [1.54, 1.807) is 0 Å². The Hall–Kier alpha value is 0.280. The predicted octanol–water partition coefficient (Wildman–Crippen LogP) is 5.69. The third-order valence-electron chi connectivity index (χ3n) is 2.16. The van der Waals surface area contributed by atoms with E-state index in [2.05, 4.69) is 4.52 Å². The fourth-order valence-electron chi connectivity index (χ4n) is 1.38. The van der Waals surface area contributed by atoms with E-state index in [0.717, 1.165) is 0 Å². The van der Waals surface area contributed by atoms with Gasteiger partial charge in [-0.25, -0.2) is 8.96 Å². The fraction of sp³-hybridized carbons (Fsp3) is 0.818. The number of hydrogen-bond donors (Lipinski definition) is 0. The number of allylic oxidation sites excluding steroid dienone is 1. The number of halogens is 4. The van der Waals surface area contributed by atoms with E-state index in [1.165, 1.54) is 27.7 Å². The first-order valence-corrected chi connectivity index (χ1v) is 10.7. The molecule has 1 atom stereocenters. The van der Waals surface area contributed by atoms with Crippen LogP contribution >= 0.6 is 38.6 Å². The summed E-state index contributed by atoms with van der Waals surface area (Å²) < 4.78 is 76.9. The summed E-state index contributed by atoms with van der Waals surface area (Å²) in [5, 5.41) is -1.85. The van der Waals surface area contributed by atoms with Crippen molar-refractivity contribution < 1.29 is 40.5 Å². The maximum atomic E-state index is 15.0. The summed E-state index contributed by atoms with van der Waals surface area (Å²) in [4.78, 5) is -3.70. The molecule has 0 saturated carbocycles. The lowest BCUT2D eigenvalue weighted by Crippen LogP contribution is -2.24. The van der Waals surface area contributed by atoms with Gasteiger partial charge in [0.05, 0.1) is 26.4 Å². The van der Waals surface area contributed by atoms with E-state index >= 15 is 0 Å². The fourth-order valence-corrected chi connectivity index (χ4v) is 4.97. The summed E-state index contributed by atoms with van der Waals surface area (Å²) in [5.74, 6) is -1.58. The smallest absolute Gasteiger partial charge is 0.399 e. The van der Waals surface area contributed by atoms with Gasteiger partial charge in [0.1, 0.15) is 0 Å². The zero-order valence-electron chi connectivity index (χ0n) is 13.6. The number of hydrogen-bond acceptors (Lipinski definition) is 7. The van der Waals surface area contributed by atoms with Gasteiger partial charge in [-0.3, -0.25) is 13.6 Å². The Labute approximate surface area is 149 Å². The molecule has 0 aromatic heterocycles. The average molecular weight is 435 g/mol. The van der Waals surface area contributed by atoms with E-state index in [1.807, 2.05) is 0 Å². The molecule has 0 N–H and O–H groups in total. The topological polar surface area (TPSA) is 80.3 Å². The van der Waals surface area contributed by atoms with Crippen molar-refractivity contribution in [2.75, 3.05) is 26.4 Å². The predicted molar refractivity (Wildman–Crippen MR) is 86.5 cm³/mol. The van der Waals surface area contributed by atoms with Gasteiger partial charge in [-0.15, -0.1) is 0 Å². The first-order chi connectivity index (χ1) is 11.0. The molecule has 144 valence electrons. The summed E-state index contributed by atoms with van der Waals surface area (Å²) >= 11 is 10.7. The molecular weight excluding hydrogens is 415 g/mol. The van der Waals surface area contributed by atoms with Crippen LogP contribution in [-0.2, 0) is 31.7 Å². The quantitative estimate of drug-likeness (QED) is 0.221. The summed E-state index contributed by atoms with van der Waals surface area (Å²) in [6.07, 6.45) is 0. The molecule has 1 unspecified atom stereocenters. The van der Waals surface area contributed by atoms with Crippen LogP contribution in [-0.4, -0.2) is 31.3 Å². The van der Waals surface area contributed by atoms with Gasteiger partial charge in [0.15, 0.2) is 0 Å². The van der Waals surface area contributed by atoms with Gasteiger partial charge in [0.25, 0.3) is 0 Å². The highest BCUT2D eigenvalue weighted by atomic mass is 35.5. The standard InChI is InChI=1S/C11H20Cl2F2O7P2/c1-5-18-23(16,19-6-2)11(13,15)9(10(12)14)22-24(17,20-7-3)21-8-4/h5-8H2,1-4H3/b10-9+. The number of phosphoric acid groups is 1. The number of phosphoric ester groups is 1. The molecule has 0 aliphatic rings. The molecular formula is C11H20Cl2F2O7P2. The third-order valence-corrected chi connectivity index (χ3v) is 6.77. The van der Waals surface area contributed by atoms with Crippen LogP contribution in [0.15, 0.2) is 11.0 Å². The first kappa shape index (κ1) is 24.3. The van der Waals surface area contributed by atoms with E-state index < -0.39 is 31.3 Å². The van der Waals surface area contributed by atoms with Gasteiger partial charge in [-0.05, 0) is 39.3 Å². The Balaban J connectivity index is 5.93. The molecule has 0 amide bonds. The van der Waals surface area contributed by atoms with Crippen LogP contribution in [0.1, 0.15) is 27.7 Å². The van der Waals surface area contributed by atoms with Gasteiger partial charge < -0.3 is 13.6 Å². The van der Waals surface area contributed by atoms with Crippen molar-refractivity contribution in [3.8, 4) is 0 Å². The lowest BCUT2D eigenvalue weighted by Gasteiger charge is -2.29. The van der Waals surface area contributed by atoms with E-state index in [9.17, 15) is 17.9 Å².